The lowest BCUT2D eigenvalue weighted by atomic mass is 9.84. The molecule has 1 aliphatic rings. The molecule has 31 heavy (non-hydrogen) atoms. The predicted molar refractivity (Wildman–Crippen MR) is 111 cm³/mol. The van der Waals surface area contributed by atoms with Crippen LogP contribution in [-0.4, -0.2) is 37.3 Å². The van der Waals surface area contributed by atoms with Crippen molar-refractivity contribution in [3.05, 3.63) is 47.5 Å². The SMILES string of the molecule is CC1CC(=Nc2ncc(CNC(=O)c3cc4c(cn3)ncn4C)s2)C=CC1C(F)(F)F. The third kappa shape index (κ3) is 4.66. The zero-order valence-corrected chi connectivity index (χ0v) is 17.5. The lowest BCUT2D eigenvalue weighted by Crippen LogP contribution is -2.31. The molecule has 1 N–H and O–H groups in total. The number of allylic oxidation sites excluding steroid dienone is 2. The van der Waals surface area contributed by atoms with E-state index in [-0.39, 0.29) is 24.6 Å². The number of alkyl halides is 3. The molecule has 7 nitrogen and oxygen atoms in total. The summed E-state index contributed by atoms with van der Waals surface area (Å²) in [6, 6.07) is 1.67. The van der Waals surface area contributed by atoms with Crippen LogP contribution in [0.25, 0.3) is 11.0 Å². The third-order valence-electron chi connectivity index (χ3n) is 5.07. The average Bonchev–Trinajstić information content (AvgIpc) is 3.31. The number of thiazole rings is 1. The number of halogens is 3. The maximum absolute atomic E-state index is 13.0. The standard InChI is InChI=1S/C20H19F3N6OS/c1-11-5-12(3-4-14(11)20(21,22)23)28-19-26-8-13(31-19)7-25-18(30)15-6-17-16(9-24-15)27-10-29(17)2/h3-4,6,8-11,14H,5,7H2,1-2H3,(H,25,30). The molecule has 3 heterocycles. The van der Waals surface area contributed by atoms with Gasteiger partial charge in [0.2, 0.25) is 5.13 Å². The number of nitrogens with one attached hydrogen (secondary N) is 1. The van der Waals surface area contributed by atoms with Gasteiger partial charge in [-0.3, -0.25) is 4.79 Å². The number of carbonyl (C=O) groups excluding carboxylic acids is 1. The maximum atomic E-state index is 13.0. The van der Waals surface area contributed by atoms with Gasteiger partial charge in [-0.25, -0.2) is 19.9 Å². The summed E-state index contributed by atoms with van der Waals surface area (Å²) in [6.45, 7) is 1.81. The van der Waals surface area contributed by atoms with E-state index in [1.54, 1.807) is 36.3 Å². The van der Waals surface area contributed by atoms with Crippen molar-refractivity contribution in [1.29, 1.82) is 0 Å². The molecule has 2 unspecified atom stereocenters. The lowest BCUT2D eigenvalue weighted by Gasteiger charge is -2.26. The Morgan fingerprint density at radius 3 is 2.87 bits per heavy atom. The van der Waals surface area contributed by atoms with Crippen molar-refractivity contribution in [1.82, 2.24) is 24.8 Å². The molecule has 0 fully saturated rings. The zero-order chi connectivity index (χ0) is 22.2. The summed E-state index contributed by atoms with van der Waals surface area (Å²) in [5.41, 5.74) is 2.35. The highest BCUT2D eigenvalue weighted by atomic mass is 32.1. The fraction of sp³-hybridized carbons (Fsp3) is 0.350. The van der Waals surface area contributed by atoms with E-state index in [0.717, 1.165) is 16.5 Å². The summed E-state index contributed by atoms with van der Waals surface area (Å²) in [5, 5.41) is 3.23. The van der Waals surface area contributed by atoms with E-state index in [1.165, 1.54) is 17.4 Å². The molecule has 0 bridgehead atoms. The van der Waals surface area contributed by atoms with Gasteiger partial charge in [-0.05, 0) is 24.5 Å². The number of aromatic nitrogens is 4. The molecule has 0 aromatic carbocycles. The van der Waals surface area contributed by atoms with E-state index >= 15 is 0 Å². The molecule has 11 heteroatoms. The number of amides is 1. The average molecular weight is 448 g/mol. The molecular formula is C20H19F3N6OS. The van der Waals surface area contributed by atoms with E-state index in [9.17, 15) is 18.0 Å². The number of aliphatic imine (C=N–C) groups is 1. The number of rotatable bonds is 4. The Morgan fingerprint density at radius 2 is 2.13 bits per heavy atom. The highest BCUT2D eigenvalue weighted by molar-refractivity contribution is 7.15. The van der Waals surface area contributed by atoms with Crippen LogP contribution in [0.3, 0.4) is 0 Å². The Hall–Kier alpha value is -3.08. The fourth-order valence-corrected chi connectivity index (χ4v) is 4.16. The van der Waals surface area contributed by atoms with Crippen molar-refractivity contribution in [3.8, 4) is 0 Å². The van der Waals surface area contributed by atoms with Crippen LogP contribution in [0, 0.1) is 11.8 Å². The van der Waals surface area contributed by atoms with E-state index in [0.29, 0.717) is 16.4 Å². The molecule has 0 spiro atoms. The molecule has 0 saturated heterocycles. The largest absolute Gasteiger partial charge is 0.395 e. The molecule has 0 radical (unpaired) electrons. The molecule has 0 aliphatic heterocycles. The van der Waals surface area contributed by atoms with Gasteiger partial charge in [0.05, 0.1) is 30.5 Å². The first-order valence-electron chi connectivity index (χ1n) is 9.53. The minimum atomic E-state index is -4.25. The number of carbonyl (C=O) groups is 1. The maximum Gasteiger partial charge on any atom is 0.395 e. The van der Waals surface area contributed by atoms with Crippen molar-refractivity contribution in [2.24, 2.45) is 23.9 Å². The fourth-order valence-electron chi connectivity index (χ4n) is 3.41. The van der Waals surface area contributed by atoms with Crippen LogP contribution in [-0.2, 0) is 13.6 Å². The van der Waals surface area contributed by atoms with Gasteiger partial charge < -0.3 is 9.88 Å². The first kappa shape index (κ1) is 21.2. The Bertz CT molecular complexity index is 1180. The van der Waals surface area contributed by atoms with E-state index in [4.69, 9.17) is 0 Å². The van der Waals surface area contributed by atoms with Crippen LogP contribution in [0.2, 0.25) is 0 Å². The minimum Gasteiger partial charge on any atom is -0.346 e. The smallest absolute Gasteiger partial charge is 0.346 e. The molecule has 1 aliphatic carbocycles. The van der Waals surface area contributed by atoms with Gasteiger partial charge in [0.25, 0.3) is 5.91 Å². The highest BCUT2D eigenvalue weighted by Crippen LogP contribution is 2.37. The lowest BCUT2D eigenvalue weighted by molar-refractivity contribution is -0.172. The highest BCUT2D eigenvalue weighted by Gasteiger charge is 2.42. The number of nitrogens with zero attached hydrogens (tertiary/aromatic N) is 5. The summed E-state index contributed by atoms with van der Waals surface area (Å²) in [4.78, 5) is 30.1. The van der Waals surface area contributed by atoms with Gasteiger partial charge in [0, 0.05) is 23.8 Å². The van der Waals surface area contributed by atoms with Crippen LogP contribution < -0.4 is 5.32 Å². The number of pyridine rings is 1. The Kier molecular flexibility index (Phi) is 5.61. The van der Waals surface area contributed by atoms with E-state index in [2.05, 4.69) is 25.3 Å². The molecule has 2 atom stereocenters. The number of aryl methyl sites for hydroxylation is 1. The van der Waals surface area contributed by atoms with E-state index < -0.39 is 18.0 Å². The van der Waals surface area contributed by atoms with Crippen LogP contribution in [0.1, 0.15) is 28.7 Å². The summed E-state index contributed by atoms with van der Waals surface area (Å²) in [7, 11) is 1.84. The van der Waals surface area contributed by atoms with Crippen molar-refractivity contribution in [2.75, 3.05) is 0 Å². The molecular weight excluding hydrogens is 429 g/mol. The third-order valence-corrected chi connectivity index (χ3v) is 5.96. The quantitative estimate of drug-likeness (QED) is 0.648. The van der Waals surface area contributed by atoms with Crippen LogP contribution in [0.5, 0.6) is 0 Å². The summed E-state index contributed by atoms with van der Waals surface area (Å²) in [6.07, 6.45) is 3.36. The first-order chi connectivity index (χ1) is 14.7. The summed E-state index contributed by atoms with van der Waals surface area (Å²) in [5.74, 6) is -2.36. The monoisotopic (exact) mass is 448 g/mol. The second-order valence-corrected chi connectivity index (χ2v) is 8.51. The van der Waals surface area contributed by atoms with Gasteiger partial charge in [-0.2, -0.15) is 13.2 Å². The molecule has 0 saturated carbocycles. The summed E-state index contributed by atoms with van der Waals surface area (Å²) < 4.78 is 40.7. The topological polar surface area (TPSA) is 85.1 Å². The van der Waals surface area contributed by atoms with Gasteiger partial charge in [0.15, 0.2) is 0 Å². The Morgan fingerprint density at radius 1 is 1.32 bits per heavy atom. The first-order valence-corrected chi connectivity index (χ1v) is 10.3. The van der Waals surface area contributed by atoms with Crippen molar-refractivity contribution >= 4 is 39.1 Å². The van der Waals surface area contributed by atoms with Crippen molar-refractivity contribution in [3.63, 3.8) is 0 Å². The van der Waals surface area contributed by atoms with Crippen LogP contribution in [0.15, 0.2) is 41.9 Å². The summed E-state index contributed by atoms with van der Waals surface area (Å²) >= 11 is 1.27. The second kappa shape index (κ2) is 8.22. The van der Waals surface area contributed by atoms with Crippen molar-refractivity contribution in [2.45, 2.75) is 26.1 Å². The molecule has 3 aromatic heterocycles. The van der Waals surface area contributed by atoms with Gasteiger partial charge in [-0.1, -0.05) is 24.3 Å². The Labute approximate surface area is 179 Å². The van der Waals surface area contributed by atoms with Gasteiger partial charge >= 0.3 is 6.18 Å². The number of imidazole rings is 1. The predicted octanol–water partition coefficient (Wildman–Crippen LogP) is 4.20. The molecule has 1 amide bonds. The van der Waals surface area contributed by atoms with Crippen LogP contribution in [0.4, 0.5) is 18.3 Å². The van der Waals surface area contributed by atoms with Gasteiger partial charge in [-0.15, -0.1) is 0 Å². The number of hydrogen-bond acceptors (Lipinski definition) is 6. The van der Waals surface area contributed by atoms with E-state index in [1.807, 2.05) is 7.05 Å². The Balaban J connectivity index is 1.39. The molecule has 3 aromatic rings. The van der Waals surface area contributed by atoms with Crippen LogP contribution >= 0.6 is 11.3 Å². The normalized spacial score (nSPS) is 20.5. The molecule has 4 rings (SSSR count). The number of fused-ring (bicyclic) bond motifs is 1. The van der Waals surface area contributed by atoms with Crippen molar-refractivity contribution < 1.29 is 18.0 Å². The minimum absolute atomic E-state index is 0.231. The molecule has 162 valence electrons. The zero-order valence-electron chi connectivity index (χ0n) is 16.7. The second-order valence-electron chi connectivity index (χ2n) is 7.42. The number of hydrogen-bond donors (Lipinski definition) is 1. The van der Waals surface area contributed by atoms with Gasteiger partial charge in [0.1, 0.15) is 11.2 Å².